The van der Waals surface area contributed by atoms with Crippen molar-refractivity contribution in [2.24, 2.45) is 5.92 Å². The summed E-state index contributed by atoms with van der Waals surface area (Å²) in [7, 11) is 0. The minimum Gasteiger partial charge on any atom is -0.389 e. The topological polar surface area (TPSA) is 69.6 Å². The molecule has 0 spiro atoms. The summed E-state index contributed by atoms with van der Waals surface area (Å²) in [4.78, 5) is 26.1. The highest BCUT2D eigenvalue weighted by Gasteiger charge is 2.28. The van der Waals surface area contributed by atoms with Crippen LogP contribution in [0.4, 0.5) is 0 Å². The third kappa shape index (κ3) is 6.04. The number of rotatable bonds is 6. The Morgan fingerprint density at radius 2 is 1.86 bits per heavy atom. The van der Waals surface area contributed by atoms with E-state index in [0.717, 1.165) is 25.7 Å². The highest BCUT2D eigenvalue weighted by molar-refractivity contribution is 5.88. The monoisotopic (exact) mass is 298 g/mol. The normalized spacial score (nSPS) is 18.1. The van der Waals surface area contributed by atoms with Gasteiger partial charge in [-0.15, -0.1) is 0 Å². The fraction of sp³-hybridized carbons (Fsp3) is 0.875. The third-order valence-corrected chi connectivity index (χ3v) is 3.98. The minimum absolute atomic E-state index is 0.00476. The van der Waals surface area contributed by atoms with Gasteiger partial charge < -0.3 is 15.3 Å². The number of nitrogens with one attached hydrogen (secondary N) is 1. The molecule has 1 fully saturated rings. The molecule has 21 heavy (non-hydrogen) atoms. The van der Waals surface area contributed by atoms with Crippen LogP contribution in [0.5, 0.6) is 0 Å². The maximum absolute atomic E-state index is 12.4. The van der Waals surface area contributed by atoms with Crippen LogP contribution in [0, 0.1) is 5.92 Å². The first kappa shape index (κ1) is 18.0. The van der Waals surface area contributed by atoms with Crippen molar-refractivity contribution in [3.63, 3.8) is 0 Å². The van der Waals surface area contributed by atoms with Crippen LogP contribution in [0.2, 0.25) is 0 Å². The molecular weight excluding hydrogens is 268 g/mol. The second-order valence-electron chi connectivity index (χ2n) is 6.73. The summed E-state index contributed by atoms with van der Waals surface area (Å²) in [5, 5.41) is 12.7. The standard InChI is InChI=1S/C16H30N2O3/c1-5-18(11-16(3,4)21)15(20)12(2)17-14(19)13-9-7-6-8-10-13/h12-13,21H,5-11H2,1-4H3,(H,17,19). The van der Waals surface area contributed by atoms with Gasteiger partial charge >= 0.3 is 0 Å². The number of nitrogens with zero attached hydrogens (tertiary/aromatic N) is 1. The smallest absolute Gasteiger partial charge is 0.244 e. The molecule has 0 aromatic carbocycles. The Kier molecular flexibility index (Phi) is 6.65. The molecule has 1 aliphatic rings. The van der Waals surface area contributed by atoms with E-state index in [9.17, 15) is 14.7 Å². The molecule has 0 saturated heterocycles. The molecule has 1 unspecified atom stereocenters. The fourth-order valence-electron chi connectivity index (χ4n) is 2.84. The predicted molar refractivity (Wildman–Crippen MR) is 82.7 cm³/mol. The van der Waals surface area contributed by atoms with Gasteiger partial charge in [-0.05, 0) is 40.5 Å². The van der Waals surface area contributed by atoms with Crippen LogP contribution in [0.25, 0.3) is 0 Å². The zero-order chi connectivity index (χ0) is 16.0. The SMILES string of the molecule is CCN(CC(C)(C)O)C(=O)C(C)NC(=O)C1CCCCC1. The van der Waals surface area contributed by atoms with Crippen molar-refractivity contribution in [3.05, 3.63) is 0 Å². The number of likely N-dealkylation sites (N-methyl/N-ethyl adjacent to an activating group) is 1. The van der Waals surface area contributed by atoms with Gasteiger partial charge in [0.15, 0.2) is 0 Å². The molecule has 0 aromatic heterocycles. The van der Waals surface area contributed by atoms with Gasteiger partial charge in [0.1, 0.15) is 6.04 Å². The predicted octanol–water partition coefficient (Wildman–Crippen LogP) is 1.69. The average molecular weight is 298 g/mol. The molecule has 0 aromatic rings. The summed E-state index contributed by atoms with van der Waals surface area (Å²) in [5.74, 6) is -0.0861. The maximum atomic E-state index is 12.4. The van der Waals surface area contributed by atoms with E-state index in [0.29, 0.717) is 6.54 Å². The number of carbonyl (C=O) groups is 2. The van der Waals surface area contributed by atoms with Gasteiger partial charge in [0.2, 0.25) is 11.8 Å². The van der Waals surface area contributed by atoms with Crippen molar-refractivity contribution in [2.45, 2.75) is 71.4 Å². The third-order valence-electron chi connectivity index (χ3n) is 3.98. The molecule has 2 amide bonds. The molecule has 1 rings (SSSR count). The molecular formula is C16H30N2O3. The first-order valence-corrected chi connectivity index (χ1v) is 8.06. The number of aliphatic hydroxyl groups is 1. The van der Waals surface area contributed by atoms with Crippen molar-refractivity contribution >= 4 is 11.8 Å². The Hall–Kier alpha value is -1.10. The molecule has 1 saturated carbocycles. The van der Waals surface area contributed by atoms with Crippen molar-refractivity contribution in [1.82, 2.24) is 10.2 Å². The lowest BCUT2D eigenvalue weighted by molar-refractivity contribution is -0.139. The molecule has 1 atom stereocenters. The summed E-state index contributed by atoms with van der Waals surface area (Å²) in [6.07, 6.45) is 5.25. The number of hydrogen-bond donors (Lipinski definition) is 2. The molecule has 0 heterocycles. The average Bonchev–Trinajstić information content (AvgIpc) is 2.43. The highest BCUT2D eigenvalue weighted by Crippen LogP contribution is 2.23. The van der Waals surface area contributed by atoms with E-state index in [4.69, 9.17) is 0 Å². The van der Waals surface area contributed by atoms with E-state index in [1.54, 1.807) is 25.7 Å². The van der Waals surface area contributed by atoms with Crippen LogP contribution in [0.3, 0.4) is 0 Å². The van der Waals surface area contributed by atoms with Crippen molar-refractivity contribution < 1.29 is 14.7 Å². The van der Waals surface area contributed by atoms with E-state index in [1.807, 2.05) is 6.92 Å². The van der Waals surface area contributed by atoms with Crippen LogP contribution >= 0.6 is 0 Å². The van der Waals surface area contributed by atoms with Crippen molar-refractivity contribution in [2.75, 3.05) is 13.1 Å². The molecule has 5 heteroatoms. The largest absolute Gasteiger partial charge is 0.389 e. The number of amides is 2. The quantitative estimate of drug-likeness (QED) is 0.784. The summed E-state index contributed by atoms with van der Waals surface area (Å²) >= 11 is 0. The van der Waals surface area contributed by atoms with Gasteiger partial charge in [-0.1, -0.05) is 19.3 Å². The molecule has 0 bridgehead atoms. The van der Waals surface area contributed by atoms with E-state index in [2.05, 4.69) is 5.32 Å². The van der Waals surface area contributed by atoms with Crippen LogP contribution < -0.4 is 5.32 Å². The molecule has 0 aliphatic heterocycles. The second kappa shape index (κ2) is 7.78. The van der Waals surface area contributed by atoms with Crippen molar-refractivity contribution in [1.29, 1.82) is 0 Å². The van der Waals surface area contributed by atoms with Gasteiger partial charge in [0, 0.05) is 19.0 Å². The summed E-state index contributed by atoms with van der Waals surface area (Å²) in [5.41, 5.74) is -0.932. The lowest BCUT2D eigenvalue weighted by Gasteiger charge is -2.31. The first-order chi connectivity index (χ1) is 9.74. The first-order valence-electron chi connectivity index (χ1n) is 8.06. The van der Waals surface area contributed by atoms with E-state index in [-0.39, 0.29) is 24.3 Å². The van der Waals surface area contributed by atoms with Gasteiger partial charge in [-0.3, -0.25) is 9.59 Å². The molecule has 0 radical (unpaired) electrons. The fourth-order valence-corrected chi connectivity index (χ4v) is 2.84. The van der Waals surface area contributed by atoms with Crippen LogP contribution in [-0.2, 0) is 9.59 Å². The zero-order valence-electron chi connectivity index (χ0n) is 13.8. The van der Waals surface area contributed by atoms with Gasteiger partial charge in [-0.2, -0.15) is 0 Å². The van der Waals surface area contributed by atoms with Gasteiger partial charge in [0.25, 0.3) is 0 Å². The van der Waals surface area contributed by atoms with Crippen LogP contribution in [0.1, 0.15) is 59.8 Å². The Bertz CT molecular complexity index is 357. The van der Waals surface area contributed by atoms with Crippen LogP contribution in [-0.4, -0.2) is 46.6 Å². The van der Waals surface area contributed by atoms with Gasteiger partial charge in [0.05, 0.1) is 5.60 Å². The Balaban J connectivity index is 2.53. The summed E-state index contributed by atoms with van der Waals surface area (Å²) < 4.78 is 0. The van der Waals surface area contributed by atoms with Crippen LogP contribution in [0.15, 0.2) is 0 Å². The van der Waals surface area contributed by atoms with E-state index in [1.165, 1.54) is 6.42 Å². The maximum Gasteiger partial charge on any atom is 0.244 e. The summed E-state index contributed by atoms with van der Waals surface area (Å²) in [6.45, 7) is 7.73. The molecule has 5 nitrogen and oxygen atoms in total. The van der Waals surface area contributed by atoms with E-state index >= 15 is 0 Å². The Morgan fingerprint density at radius 3 is 2.33 bits per heavy atom. The molecule has 122 valence electrons. The minimum atomic E-state index is -0.932. The van der Waals surface area contributed by atoms with Gasteiger partial charge in [-0.25, -0.2) is 0 Å². The molecule has 1 aliphatic carbocycles. The molecule has 2 N–H and O–H groups in total. The lowest BCUT2D eigenvalue weighted by Crippen LogP contribution is -2.51. The lowest BCUT2D eigenvalue weighted by atomic mass is 9.88. The Labute approximate surface area is 128 Å². The second-order valence-corrected chi connectivity index (χ2v) is 6.73. The summed E-state index contributed by atoms with van der Waals surface area (Å²) in [6, 6.07) is -0.540. The number of hydrogen-bond acceptors (Lipinski definition) is 3. The van der Waals surface area contributed by atoms with E-state index < -0.39 is 11.6 Å². The van der Waals surface area contributed by atoms with Crippen molar-refractivity contribution in [3.8, 4) is 0 Å². The number of carbonyl (C=O) groups excluding carboxylic acids is 2. The Morgan fingerprint density at radius 1 is 1.29 bits per heavy atom. The highest BCUT2D eigenvalue weighted by atomic mass is 16.3. The zero-order valence-corrected chi connectivity index (χ0v) is 13.8.